The summed E-state index contributed by atoms with van der Waals surface area (Å²) < 4.78 is 2.11. The second-order valence-corrected chi connectivity index (χ2v) is 10.7. The van der Waals surface area contributed by atoms with Crippen molar-refractivity contribution in [1.29, 1.82) is 0 Å². The first-order chi connectivity index (χ1) is 14.8. The van der Waals surface area contributed by atoms with Gasteiger partial charge in [-0.3, -0.25) is 9.36 Å². The predicted octanol–water partition coefficient (Wildman–Crippen LogP) is 7.16. The second kappa shape index (κ2) is 9.71. The molecule has 0 radical (unpaired) electrons. The highest BCUT2D eigenvalue weighted by molar-refractivity contribution is 7.99. The third-order valence-electron chi connectivity index (χ3n) is 5.10. The molecular formula is C21H21Cl3N4OS2. The van der Waals surface area contributed by atoms with E-state index >= 15 is 0 Å². The highest BCUT2D eigenvalue weighted by atomic mass is 35.5. The summed E-state index contributed by atoms with van der Waals surface area (Å²) in [5, 5.41) is 15.6. The van der Waals surface area contributed by atoms with E-state index in [1.165, 1.54) is 46.7 Å². The van der Waals surface area contributed by atoms with Crippen molar-refractivity contribution in [2.45, 2.75) is 50.7 Å². The van der Waals surface area contributed by atoms with Gasteiger partial charge >= 0.3 is 0 Å². The molecule has 31 heavy (non-hydrogen) atoms. The zero-order valence-corrected chi connectivity index (χ0v) is 20.9. The Kier molecular flexibility index (Phi) is 7.18. The number of benzene rings is 1. The number of halogens is 3. The standard InChI is InChI=1S/C21H21Cl3N4OS2/c1-11(2)28-20(13-9-30-18-6-4-3-5-12(13)18)26-27-21(28)31-10-19(29)25-17-8-15(23)14(22)7-16(17)24/h7-9,11H,3-6,10H2,1-2H3,(H,25,29). The van der Waals surface area contributed by atoms with E-state index in [9.17, 15) is 4.79 Å². The van der Waals surface area contributed by atoms with Crippen LogP contribution in [0.4, 0.5) is 5.69 Å². The van der Waals surface area contributed by atoms with Crippen LogP contribution in [0.25, 0.3) is 11.4 Å². The minimum Gasteiger partial charge on any atom is -0.324 e. The lowest BCUT2D eigenvalue weighted by Gasteiger charge is -2.16. The molecule has 1 aliphatic rings. The highest BCUT2D eigenvalue weighted by Crippen LogP contribution is 2.38. The van der Waals surface area contributed by atoms with Gasteiger partial charge in [0.15, 0.2) is 11.0 Å². The Balaban J connectivity index is 1.51. The summed E-state index contributed by atoms with van der Waals surface area (Å²) in [6.07, 6.45) is 4.71. The summed E-state index contributed by atoms with van der Waals surface area (Å²) in [6.45, 7) is 4.20. The summed E-state index contributed by atoms with van der Waals surface area (Å²) in [5.74, 6) is 0.839. The fraction of sp³-hybridized carbons (Fsp3) is 0.381. The third kappa shape index (κ3) is 4.91. The summed E-state index contributed by atoms with van der Waals surface area (Å²) >= 11 is 21.3. The maximum Gasteiger partial charge on any atom is 0.234 e. The Bertz CT molecular complexity index is 1130. The number of thioether (sulfide) groups is 1. The molecule has 2 heterocycles. The van der Waals surface area contributed by atoms with Gasteiger partial charge in [0.25, 0.3) is 0 Å². The van der Waals surface area contributed by atoms with Gasteiger partial charge in [0.2, 0.25) is 5.91 Å². The first kappa shape index (κ1) is 22.9. The Hall–Kier alpha value is -1.25. The molecule has 0 atom stereocenters. The van der Waals surface area contributed by atoms with E-state index in [-0.39, 0.29) is 17.7 Å². The molecule has 5 nitrogen and oxygen atoms in total. The van der Waals surface area contributed by atoms with Gasteiger partial charge in [-0.1, -0.05) is 46.6 Å². The maximum atomic E-state index is 12.5. The summed E-state index contributed by atoms with van der Waals surface area (Å²) in [5.41, 5.74) is 3.02. The van der Waals surface area contributed by atoms with E-state index in [0.29, 0.717) is 20.8 Å². The van der Waals surface area contributed by atoms with Gasteiger partial charge in [0.1, 0.15) is 0 Å². The van der Waals surface area contributed by atoms with Crippen LogP contribution in [0.3, 0.4) is 0 Å². The van der Waals surface area contributed by atoms with Crippen molar-refractivity contribution < 1.29 is 4.79 Å². The molecule has 2 aromatic heterocycles. The van der Waals surface area contributed by atoms with E-state index in [2.05, 4.69) is 39.3 Å². The molecule has 1 amide bonds. The molecule has 1 aromatic carbocycles. The van der Waals surface area contributed by atoms with Gasteiger partial charge < -0.3 is 5.32 Å². The lowest BCUT2D eigenvalue weighted by molar-refractivity contribution is -0.113. The van der Waals surface area contributed by atoms with Crippen LogP contribution in [0.15, 0.2) is 22.7 Å². The van der Waals surface area contributed by atoms with Crippen LogP contribution >= 0.6 is 57.9 Å². The van der Waals surface area contributed by atoms with Crippen molar-refractivity contribution in [1.82, 2.24) is 14.8 Å². The molecule has 3 aromatic rings. The number of rotatable bonds is 6. The van der Waals surface area contributed by atoms with Gasteiger partial charge in [-0.2, -0.15) is 0 Å². The molecule has 10 heteroatoms. The topological polar surface area (TPSA) is 59.8 Å². The number of hydrogen-bond donors (Lipinski definition) is 1. The smallest absolute Gasteiger partial charge is 0.234 e. The van der Waals surface area contributed by atoms with Crippen molar-refractivity contribution in [2.75, 3.05) is 11.1 Å². The second-order valence-electron chi connectivity index (χ2n) is 7.61. The number of fused-ring (bicyclic) bond motifs is 1. The fourth-order valence-corrected chi connectivity index (χ4v) is 6.23. The largest absolute Gasteiger partial charge is 0.324 e. The number of nitrogens with one attached hydrogen (secondary N) is 1. The predicted molar refractivity (Wildman–Crippen MR) is 131 cm³/mol. The molecular weight excluding hydrogens is 495 g/mol. The zero-order chi connectivity index (χ0) is 22.1. The number of carbonyl (C=O) groups is 1. The first-order valence-electron chi connectivity index (χ1n) is 9.97. The number of aryl methyl sites for hydroxylation is 1. The Morgan fingerprint density at radius 1 is 1.16 bits per heavy atom. The molecule has 4 rings (SSSR count). The summed E-state index contributed by atoms with van der Waals surface area (Å²) in [7, 11) is 0. The number of amides is 1. The van der Waals surface area contributed by atoms with Crippen molar-refractivity contribution in [2.24, 2.45) is 0 Å². The quantitative estimate of drug-likeness (QED) is 0.279. The molecule has 1 N–H and O–H groups in total. The van der Waals surface area contributed by atoms with Crippen LogP contribution in [0.2, 0.25) is 15.1 Å². The summed E-state index contributed by atoms with van der Waals surface area (Å²) in [6, 6.07) is 3.22. The molecule has 0 saturated heterocycles. The Morgan fingerprint density at radius 2 is 1.90 bits per heavy atom. The number of carbonyl (C=O) groups excluding carboxylic acids is 1. The first-order valence-corrected chi connectivity index (χ1v) is 13.0. The van der Waals surface area contributed by atoms with Crippen LogP contribution in [0.5, 0.6) is 0 Å². The minimum absolute atomic E-state index is 0.166. The Morgan fingerprint density at radius 3 is 2.68 bits per heavy atom. The molecule has 164 valence electrons. The SMILES string of the molecule is CC(C)n1c(SCC(=O)Nc2cc(Cl)c(Cl)cc2Cl)nnc1-c1csc2c1CCCC2. The number of anilines is 1. The average Bonchev–Trinajstić information content (AvgIpc) is 3.34. The van der Waals surface area contributed by atoms with E-state index < -0.39 is 0 Å². The monoisotopic (exact) mass is 514 g/mol. The van der Waals surface area contributed by atoms with Gasteiger partial charge in [0, 0.05) is 21.9 Å². The normalized spacial score (nSPS) is 13.5. The van der Waals surface area contributed by atoms with Gasteiger partial charge in [-0.15, -0.1) is 21.5 Å². The maximum absolute atomic E-state index is 12.5. The number of thiophene rings is 1. The number of aromatic nitrogens is 3. The molecule has 0 unspecified atom stereocenters. The van der Waals surface area contributed by atoms with Gasteiger partial charge in [-0.05, 0) is 57.2 Å². The summed E-state index contributed by atoms with van der Waals surface area (Å²) in [4.78, 5) is 14.0. The third-order valence-corrected chi connectivity index (χ3v) is 8.17. The minimum atomic E-state index is -0.210. The number of hydrogen-bond acceptors (Lipinski definition) is 5. The fourth-order valence-electron chi connectivity index (χ4n) is 3.64. The average molecular weight is 516 g/mol. The molecule has 0 aliphatic heterocycles. The van der Waals surface area contributed by atoms with Crippen molar-refractivity contribution >= 4 is 69.5 Å². The molecule has 0 spiro atoms. The van der Waals surface area contributed by atoms with Crippen LogP contribution in [0, 0.1) is 0 Å². The zero-order valence-electron chi connectivity index (χ0n) is 17.0. The van der Waals surface area contributed by atoms with E-state index in [1.807, 2.05) is 11.3 Å². The molecule has 0 saturated carbocycles. The molecule has 0 bridgehead atoms. The van der Waals surface area contributed by atoms with E-state index in [4.69, 9.17) is 34.8 Å². The Labute approximate surface area is 204 Å². The van der Waals surface area contributed by atoms with E-state index in [1.54, 1.807) is 6.07 Å². The van der Waals surface area contributed by atoms with Gasteiger partial charge in [0.05, 0.1) is 26.5 Å². The number of nitrogens with zero attached hydrogens (tertiary/aromatic N) is 3. The van der Waals surface area contributed by atoms with Crippen LogP contribution < -0.4 is 5.32 Å². The van der Waals surface area contributed by atoms with Crippen LogP contribution in [0.1, 0.15) is 43.2 Å². The van der Waals surface area contributed by atoms with Crippen molar-refractivity contribution in [3.8, 4) is 11.4 Å². The molecule has 0 fully saturated rings. The molecule has 1 aliphatic carbocycles. The van der Waals surface area contributed by atoms with E-state index in [0.717, 1.165) is 23.8 Å². The van der Waals surface area contributed by atoms with Crippen molar-refractivity contribution in [3.63, 3.8) is 0 Å². The van der Waals surface area contributed by atoms with Gasteiger partial charge in [-0.25, -0.2) is 0 Å². The van der Waals surface area contributed by atoms with Crippen LogP contribution in [-0.2, 0) is 17.6 Å². The lowest BCUT2D eigenvalue weighted by atomic mass is 9.95. The van der Waals surface area contributed by atoms with Crippen molar-refractivity contribution in [3.05, 3.63) is 43.0 Å². The highest BCUT2D eigenvalue weighted by Gasteiger charge is 2.24. The van der Waals surface area contributed by atoms with Crippen LogP contribution in [-0.4, -0.2) is 26.4 Å². The lowest BCUT2D eigenvalue weighted by Crippen LogP contribution is -2.15.